The van der Waals surface area contributed by atoms with Crippen LogP contribution in [0.5, 0.6) is 0 Å². The predicted molar refractivity (Wildman–Crippen MR) is 47.1 cm³/mol. The van der Waals surface area contributed by atoms with E-state index in [1.807, 2.05) is 6.26 Å². The molecule has 0 aromatic carbocycles. The van der Waals surface area contributed by atoms with Crippen LogP contribution in [-0.2, 0) is 0 Å². The Kier molecular flexibility index (Phi) is 2.65. The van der Waals surface area contributed by atoms with E-state index in [-0.39, 0.29) is 0 Å². The summed E-state index contributed by atoms with van der Waals surface area (Å²) in [5, 5.41) is 0.634. The smallest absolute Gasteiger partial charge is 0.253 e. The standard InChI is InChI=1S/C7H9N3OS/c1-4-9-3-5(6(8)11)7(10-4)12-2/h3H,1-2H3,(H2,8,11). The summed E-state index contributed by atoms with van der Waals surface area (Å²) in [6, 6.07) is 0. The van der Waals surface area contributed by atoms with Crippen molar-refractivity contribution in [3.05, 3.63) is 17.6 Å². The van der Waals surface area contributed by atoms with Crippen LogP contribution in [0.25, 0.3) is 0 Å². The van der Waals surface area contributed by atoms with Gasteiger partial charge in [-0.2, -0.15) is 0 Å². The van der Waals surface area contributed by atoms with Gasteiger partial charge in [0.05, 0.1) is 5.56 Å². The summed E-state index contributed by atoms with van der Waals surface area (Å²) >= 11 is 1.39. The number of aromatic nitrogens is 2. The van der Waals surface area contributed by atoms with E-state index in [1.165, 1.54) is 18.0 Å². The van der Waals surface area contributed by atoms with Crippen LogP contribution < -0.4 is 5.73 Å². The van der Waals surface area contributed by atoms with Gasteiger partial charge in [-0.1, -0.05) is 0 Å². The number of nitrogens with zero attached hydrogens (tertiary/aromatic N) is 2. The van der Waals surface area contributed by atoms with Crippen molar-refractivity contribution in [1.29, 1.82) is 0 Å². The van der Waals surface area contributed by atoms with Crippen molar-refractivity contribution >= 4 is 17.7 Å². The number of aryl methyl sites for hydroxylation is 1. The lowest BCUT2D eigenvalue weighted by molar-refractivity contribution is 0.0996. The average Bonchev–Trinajstić information content (AvgIpc) is 2.03. The Bertz CT molecular complexity index is 314. The number of amides is 1. The summed E-state index contributed by atoms with van der Waals surface area (Å²) in [6.45, 7) is 1.77. The van der Waals surface area contributed by atoms with Crippen molar-refractivity contribution in [2.24, 2.45) is 5.73 Å². The molecule has 64 valence electrons. The fourth-order valence-corrected chi connectivity index (χ4v) is 1.37. The number of rotatable bonds is 2. The first-order valence-corrected chi connectivity index (χ1v) is 4.55. The van der Waals surface area contributed by atoms with Gasteiger partial charge < -0.3 is 5.73 Å². The van der Waals surface area contributed by atoms with E-state index in [2.05, 4.69) is 9.97 Å². The largest absolute Gasteiger partial charge is 0.365 e. The molecule has 1 heterocycles. The molecule has 0 aliphatic carbocycles. The zero-order valence-electron chi connectivity index (χ0n) is 6.87. The van der Waals surface area contributed by atoms with Gasteiger partial charge in [-0.15, -0.1) is 11.8 Å². The monoisotopic (exact) mass is 183 g/mol. The molecule has 1 aromatic rings. The van der Waals surface area contributed by atoms with Crippen LogP contribution in [0.15, 0.2) is 11.2 Å². The van der Waals surface area contributed by atoms with Crippen LogP contribution in [0, 0.1) is 6.92 Å². The van der Waals surface area contributed by atoms with E-state index < -0.39 is 5.91 Å². The van der Waals surface area contributed by atoms with Crippen molar-refractivity contribution in [3.8, 4) is 0 Å². The van der Waals surface area contributed by atoms with Gasteiger partial charge in [0.15, 0.2) is 0 Å². The maximum atomic E-state index is 10.8. The molecule has 1 aromatic heterocycles. The normalized spacial score (nSPS) is 9.83. The highest BCUT2D eigenvalue weighted by Gasteiger charge is 2.08. The molecule has 0 fully saturated rings. The van der Waals surface area contributed by atoms with Crippen LogP contribution in [-0.4, -0.2) is 22.1 Å². The molecule has 0 spiro atoms. The molecule has 5 heteroatoms. The summed E-state index contributed by atoms with van der Waals surface area (Å²) in [6.07, 6.45) is 3.30. The zero-order valence-corrected chi connectivity index (χ0v) is 7.68. The SMILES string of the molecule is CSc1nc(C)ncc1C(N)=O. The van der Waals surface area contributed by atoms with Crippen LogP contribution in [0.2, 0.25) is 0 Å². The second-order valence-electron chi connectivity index (χ2n) is 2.20. The molecule has 0 atom stereocenters. The van der Waals surface area contributed by atoms with Gasteiger partial charge in [-0.25, -0.2) is 9.97 Å². The van der Waals surface area contributed by atoms with Gasteiger partial charge >= 0.3 is 0 Å². The Balaban J connectivity index is 3.20. The van der Waals surface area contributed by atoms with Gasteiger partial charge in [0.2, 0.25) is 0 Å². The average molecular weight is 183 g/mol. The van der Waals surface area contributed by atoms with Crippen molar-refractivity contribution in [2.45, 2.75) is 11.9 Å². The number of carbonyl (C=O) groups excluding carboxylic acids is 1. The van der Waals surface area contributed by atoms with Gasteiger partial charge in [-0.05, 0) is 13.2 Å². The summed E-state index contributed by atoms with van der Waals surface area (Å²) in [4.78, 5) is 18.8. The fourth-order valence-electron chi connectivity index (χ4n) is 0.774. The first kappa shape index (κ1) is 8.99. The molecule has 0 radical (unpaired) electrons. The van der Waals surface area contributed by atoms with Gasteiger partial charge in [-0.3, -0.25) is 4.79 Å². The molecule has 0 saturated heterocycles. The molecule has 0 aliphatic heterocycles. The Labute approximate surface area is 74.6 Å². The minimum absolute atomic E-state index is 0.383. The summed E-state index contributed by atoms with van der Waals surface area (Å²) in [5.41, 5.74) is 5.49. The quantitative estimate of drug-likeness (QED) is 0.538. The lowest BCUT2D eigenvalue weighted by atomic mass is 10.3. The van der Waals surface area contributed by atoms with Crippen LogP contribution >= 0.6 is 11.8 Å². The summed E-state index contributed by atoms with van der Waals surface area (Å²) < 4.78 is 0. The fraction of sp³-hybridized carbons (Fsp3) is 0.286. The molecule has 0 unspecified atom stereocenters. The molecular formula is C7H9N3OS. The minimum Gasteiger partial charge on any atom is -0.365 e. The van der Waals surface area contributed by atoms with E-state index in [9.17, 15) is 4.79 Å². The third kappa shape index (κ3) is 1.73. The third-order valence-electron chi connectivity index (χ3n) is 1.33. The predicted octanol–water partition coefficient (Wildman–Crippen LogP) is 0.606. The van der Waals surface area contributed by atoms with E-state index in [0.29, 0.717) is 16.4 Å². The molecule has 1 rings (SSSR count). The lowest BCUT2D eigenvalue weighted by Crippen LogP contribution is -2.13. The first-order chi connectivity index (χ1) is 5.65. The molecule has 0 aliphatic rings. The highest BCUT2D eigenvalue weighted by molar-refractivity contribution is 7.98. The minimum atomic E-state index is -0.487. The number of nitrogens with two attached hydrogens (primary N) is 1. The van der Waals surface area contributed by atoms with Crippen LogP contribution in [0.3, 0.4) is 0 Å². The van der Waals surface area contributed by atoms with Gasteiger partial charge in [0.1, 0.15) is 10.9 Å². The number of hydrogen-bond donors (Lipinski definition) is 1. The topological polar surface area (TPSA) is 68.9 Å². The summed E-state index contributed by atoms with van der Waals surface area (Å²) in [5.74, 6) is 0.156. The van der Waals surface area contributed by atoms with Crippen molar-refractivity contribution < 1.29 is 4.79 Å². The maximum absolute atomic E-state index is 10.8. The zero-order chi connectivity index (χ0) is 9.14. The molecule has 2 N–H and O–H groups in total. The second kappa shape index (κ2) is 3.53. The second-order valence-corrected chi connectivity index (χ2v) is 3.00. The molecule has 0 saturated carbocycles. The van der Waals surface area contributed by atoms with Gasteiger partial charge in [0, 0.05) is 6.20 Å². The highest BCUT2D eigenvalue weighted by atomic mass is 32.2. The Morgan fingerprint density at radius 2 is 2.33 bits per heavy atom. The van der Waals surface area contributed by atoms with E-state index in [0.717, 1.165) is 0 Å². The molecular weight excluding hydrogens is 174 g/mol. The van der Waals surface area contributed by atoms with Crippen molar-refractivity contribution in [2.75, 3.05) is 6.26 Å². The van der Waals surface area contributed by atoms with Crippen LogP contribution in [0.1, 0.15) is 16.2 Å². The van der Waals surface area contributed by atoms with Crippen molar-refractivity contribution in [1.82, 2.24) is 9.97 Å². The maximum Gasteiger partial charge on any atom is 0.253 e. The molecule has 0 bridgehead atoms. The van der Waals surface area contributed by atoms with Crippen molar-refractivity contribution in [3.63, 3.8) is 0 Å². The van der Waals surface area contributed by atoms with Crippen LogP contribution in [0.4, 0.5) is 0 Å². The Hall–Kier alpha value is -1.10. The molecule has 12 heavy (non-hydrogen) atoms. The van der Waals surface area contributed by atoms with E-state index >= 15 is 0 Å². The van der Waals surface area contributed by atoms with E-state index in [4.69, 9.17) is 5.73 Å². The first-order valence-electron chi connectivity index (χ1n) is 3.32. The molecule has 1 amide bonds. The number of hydrogen-bond acceptors (Lipinski definition) is 4. The Morgan fingerprint density at radius 1 is 1.67 bits per heavy atom. The lowest BCUT2D eigenvalue weighted by Gasteiger charge is -2.01. The highest BCUT2D eigenvalue weighted by Crippen LogP contribution is 2.15. The molecule has 4 nitrogen and oxygen atoms in total. The third-order valence-corrected chi connectivity index (χ3v) is 2.03. The number of thioether (sulfide) groups is 1. The Morgan fingerprint density at radius 3 is 2.83 bits per heavy atom. The summed E-state index contributed by atoms with van der Waals surface area (Å²) in [7, 11) is 0. The number of carbonyl (C=O) groups is 1. The number of primary amides is 1. The van der Waals surface area contributed by atoms with E-state index in [1.54, 1.807) is 6.92 Å². The van der Waals surface area contributed by atoms with Gasteiger partial charge in [0.25, 0.3) is 5.91 Å².